The van der Waals surface area contributed by atoms with Crippen molar-refractivity contribution in [2.75, 3.05) is 6.54 Å². The van der Waals surface area contributed by atoms with Gasteiger partial charge in [-0.15, -0.1) is 0 Å². The Bertz CT molecular complexity index is 453. The van der Waals surface area contributed by atoms with Crippen LogP contribution in [0.1, 0.15) is 75.6 Å². The zero-order valence-electron chi connectivity index (χ0n) is 13.6. The van der Waals surface area contributed by atoms with Gasteiger partial charge in [-0.1, -0.05) is 46.2 Å². The van der Waals surface area contributed by atoms with Crippen molar-refractivity contribution < 1.29 is 4.74 Å². The number of nitrogens with one attached hydrogen (secondary N) is 1. The van der Waals surface area contributed by atoms with Crippen LogP contribution in [0.4, 0.5) is 0 Å². The fourth-order valence-corrected chi connectivity index (χ4v) is 3.14. The highest BCUT2D eigenvalue weighted by Crippen LogP contribution is 2.44. The standard InChI is InChI=1S/C18H29NO/c1-6-8-15-17(19-11-7-2)16-13(5)9-10-14(12(3)4)18(16)20-15/h9-10,12,15,17,19H,6-8,11H2,1-5H3. The van der Waals surface area contributed by atoms with Gasteiger partial charge in [-0.05, 0) is 43.4 Å². The molecule has 2 nitrogen and oxygen atoms in total. The van der Waals surface area contributed by atoms with Gasteiger partial charge >= 0.3 is 0 Å². The van der Waals surface area contributed by atoms with Gasteiger partial charge in [0.25, 0.3) is 0 Å². The number of hydrogen-bond donors (Lipinski definition) is 1. The van der Waals surface area contributed by atoms with Crippen LogP contribution in [0.15, 0.2) is 12.1 Å². The van der Waals surface area contributed by atoms with E-state index in [1.165, 1.54) is 23.1 Å². The third kappa shape index (κ3) is 2.85. The van der Waals surface area contributed by atoms with E-state index in [9.17, 15) is 0 Å². The molecule has 1 heterocycles. The third-order valence-electron chi connectivity index (χ3n) is 4.21. The molecular weight excluding hydrogens is 246 g/mol. The van der Waals surface area contributed by atoms with E-state index in [4.69, 9.17) is 4.74 Å². The van der Waals surface area contributed by atoms with Gasteiger partial charge in [0, 0.05) is 5.56 Å². The Morgan fingerprint density at radius 2 is 1.95 bits per heavy atom. The molecule has 1 aliphatic rings. The van der Waals surface area contributed by atoms with E-state index < -0.39 is 0 Å². The van der Waals surface area contributed by atoms with Crippen molar-refractivity contribution in [3.8, 4) is 5.75 Å². The van der Waals surface area contributed by atoms with Gasteiger partial charge in [0.2, 0.25) is 0 Å². The Morgan fingerprint density at radius 1 is 1.20 bits per heavy atom. The van der Waals surface area contributed by atoms with E-state index >= 15 is 0 Å². The molecule has 0 aliphatic carbocycles. The van der Waals surface area contributed by atoms with Gasteiger partial charge in [-0.3, -0.25) is 0 Å². The number of fused-ring (bicyclic) bond motifs is 1. The predicted octanol–water partition coefficient (Wildman–Crippen LogP) is 4.72. The Hall–Kier alpha value is -1.02. The summed E-state index contributed by atoms with van der Waals surface area (Å²) in [5, 5.41) is 3.70. The maximum Gasteiger partial charge on any atom is 0.128 e. The minimum atomic E-state index is 0.292. The first-order chi connectivity index (χ1) is 9.60. The quantitative estimate of drug-likeness (QED) is 0.811. The zero-order valence-corrected chi connectivity index (χ0v) is 13.6. The largest absolute Gasteiger partial charge is 0.488 e. The van der Waals surface area contributed by atoms with E-state index in [1.807, 2.05) is 0 Å². The molecule has 0 radical (unpaired) electrons. The van der Waals surface area contributed by atoms with Crippen molar-refractivity contribution in [2.45, 2.75) is 71.9 Å². The summed E-state index contributed by atoms with van der Waals surface area (Å²) in [7, 11) is 0. The molecule has 2 rings (SSSR count). The summed E-state index contributed by atoms with van der Waals surface area (Å²) in [6.45, 7) is 12.2. The van der Waals surface area contributed by atoms with E-state index in [0.29, 0.717) is 18.1 Å². The fraction of sp³-hybridized carbons (Fsp3) is 0.667. The van der Waals surface area contributed by atoms with Crippen molar-refractivity contribution in [3.63, 3.8) is 0 Å². The molecule has 1 aliphatic heterocycles. The summed E-state index contributed by atoms with van der Waals surface area (Å²) < 4.78 is 6.37. The molecule has 0 spiro atoms. The van der Waals surface area contributed by atoms with Crippen molar-refractivity contribution in [2.24, 2.45) is 0 Å². The van der Waals surface area contributed by atoms with Crippen LogP contribution < -0.4 is 10.1 Å². The number of hydrogen-bond acceptors (Lipinski definition) is 2. The fourth-order valence-electron chi connectivity index (χ4n) is 3.14. The molecule has 112 valence electrons. The number of ether oxygens (including phenoxy) is 1. The molecule has 1 aromatic carbocycles. The highest BCUT2D eigenvalue weighted by atomic mass is 16.5. The van der Waals surface area contributed by atoms with Crippen molar-refractivity contribution in [1.29, 1.82) is 0 Å². The summed E-state index contributed by atoms with van der Waals surface area (Å²) in [6, 6.07) is 4.86. The minimum Gasteiger partial charge on any atom is -0.488 e. The van der Waals surface area contributed by atoms with E-state index in [2.05, 4.69) is 52.1 Å². The summed E-state index contributed by atoms with van der Waals surface area (Å²) >= 11 is 0. The van der Waals surface area contributed by atoms with Crippen LogP contribution in [0.3, 0.4) is 0 Å². The molecule has 0 bridgehead atoms. The van der Waals surface area contributed by atoms with Crippen LogP contribution in [0.25, 0.3) is 0 Å². The third-order valence-corrected chi connectivity index (χ3v) is 4.21. The zero-order chi connectivity index (χ0) is 14.7. The molecule has 1 N–H and O–H groups in total. The number of rotatable bonds is 6. The second-order valence-electron chi connectivity index (χ2n) is 6.25. The highest BCUT2D eigenvalue weighted by Gasteiger charge is 2.36. The lowest BCUT2D eigenvalue weighted by Crippen LogP contribution is -2.31. The minimum absolute atomic E-state index is 0.292. The van der Waals surface area contributed by atoms with Gasteiger partial charge in [0.1, 0.15) is 11.9 Å². The van der Waals surface area contributed by atoms with Crippen LogP contribution in [-0.4, -0.2) is 12.6 Å². The van der Waals surface area contributed by atoms with Crippen LogP contribution in [-0.2, 0) is 0 Å². The monoisotopic (exact) mass is 275 g/mol. The average Bonchev–Trinajstić information content (AvgIpc) is 2.76. The molecule has 1 aromatic rings. The van der Waals surface area contributed by atoms with Crippen molar-refractivity contribution in [1.82, 2.24) is 5.32 Å². The Kier molecular flexibility index (Phi) is 5.09. The average molecular weight is 275 g/mol. The Morgan fingerprint density at radius 3 is 2.55 bits per heavy atom. The van der Waals surface area contributed by atoms with Crippen molar-refractivity contribution >= 4 is 0 Å². The molecule has 0 aromatic heterocycles. The van der Waals surface area contributed by atoms with Gasteiger partial charge < -0.3 is 10.1 Å². The molecule has 2 heteroatoms. The normalized spacial score (nSPS) is 21.1. The summed E-state index contributed by atoms with van der Waals surface area (Å²) in [5.74, 6) is 1.67. The molecule has 2 unspecified atom stereocenters. The van der Waals surface area contributed by atoms with Crippen LogP contribution in [0, 0.1) is 6.92 Å². The predicted molar refractivity (Wildman–Crippen MR) is 85.6 cm³/mol. The lowest BCUT2D eigenvalue weighted by molar-refractivity contribution is 0.176. The van der Waals surface area contributed by atoms with Crippen LogP contribution in [0.5, 0.6) is 5.75 Å². The van der Waals surface area contributed by atoms with Gasteiger partial charge in [-0.25, -0.2) is 0 Å². The van der Waals surface area contributed by atoms with Crippen LogP contribution >= 0.6 is 0 Å². The first kappa shape index (κ1) is 15.4. The van der Waals surface area contributed by atoms with E-state index in [1.54, 1.807) is 0 Å². The second kappa shape index (κ2) is 6.62. The van der Waals surface area contributed by atoms with Gasteiger partial charge in [-0.2, -0.15) is 0 Å². The molecule has 0 amide bonds. The first-order valence-corrected chi connectivity index (χ1v) is 8.13. The molecular formula is C18H29NO. The van der Waals surface area contributed by atoms with Crippen LogP contribution in [0.2, 0.25) is 0 Å². The summed E-state index contributed by atoms with van der Waals surface area (Å²) in [6.07, 6.45) is 3.74. The summed E-state index contributed by atoms with van der Waals surface area (Å²) in [4.78, 5) is 0. The Labute approximate surface area is 123 Å². The molecule has 0 saturated carbocycles. The second-order valence-corrected chi connectivity index (χ2v) is 6.25. The first-order valence-electron chi connectivity index (χ1n) is 8.13. The number of benzene rings is 1. The maximum absolute atomic E-state index is 6.37. The van der Waals surface area contributed by atoms with E-state index in [0.717, 1.165) is 25.1 Å². The smallest absolute Gasteiger partial charge is 0.128 e. The topological polar surface area (TPSA) is 21.3 Å². The van der Waals surface area contributed by atoms with Gasteiger partial charge in [0.15, 0.2) is 0 Å². The lowest BCUT2D eigenvalue weighted by Gasteiger charge is -2.20. The summed E-state index contributed by atoms with van der Waals surface area (Å²) in [5.41, 5.74) is 4.12. The molecule has 20 heavy (non-hydrogen) atoms. The molecule has 0 saturated heterocycles. The molecule has 2 atom stereocenters. The maximum atomic E-state index is 6.37. The number of aryl methyl sites for hydroxylation is 1. The lowest BCUT2D eigenvalue weighted by atomic mass is 9.92. The van der Waals surface area contributed by atoms with E-state index in [-0.39, 0.29) is 0 Å². The Balaban J connectivity index is 2.40. The van der Waals surface area contributed by atoms with Crippen molar-refractivity contribution in [3.05, 3.63) is 28.8 Å². The SMILES string of the molecule is CCCNC1c2c(C)ccc(C(C)C)c2OC1CCC. The highest BCUT2D eigenvalue weighted by molar-refractivity contribution is 5.52. The molecule has 0 fully saturated rings. The van der Waals surface area contributed by atoms with Gasteiger partial charge in [0.05, 0.1) is 6.04 Å².